The minimum Gasteiger partial charge on any atom is -0.381 e. The quantitative estimate of drug-likeness (QED) is 0.768. The molecule has 5 nitrogen and oxygen atoms in total. The van der Waals surface area contributed by atoms with E-state index >= 15 is 0 Å². The Morgan fingerprint density at radius 3 is 2.30 bits per heavy atom. The van der Waals surface area contributed by atoms with Gasteiger partial charge in [-0.1, -0.05) is 40.9 Å². The first kappa shape index (κ1) is 20.3. The normalized spacial score (nSPS) is 20.0. The summed E-state index contributed by atoms with van der Waals surface area (Å²) in [5.41, 5.74) is 0.454. The van der Waals surface area contributed by atoms with Crippen molar-refractivity contribution in [3.8, 4) is 0 Å². The summed E-state index contributed by atoms with van der Waals surface area (Å²) < 4.78 is 6.50. The fourth-order valence-electron chi connectivity index (χ4n) is 4.07. The van der Waals surface area contributed by atoms with Gasteiger partial charge < -0.3 is 15.0 Å². The highest BCUT2D eigenvalue weighted by atomic mass is 79.9. The van der Waals surface area contributed by atoms with Crippen molar-refractivity contribution in [1.82, 2.24) is 10.2 Å². The summed E-state index contributed by atoms with van der Waals surface area (Å²) in [5.74, 6) is 0.165. The maximum Gasteiger partial charge on any atom is 0.230 e. The zero-order valence-electron chi connectivity index (χ0n) is 15.8. The average Bonchev–Trinajstić information content (AvgIpc) is 2.98. The van der Waals surface area contributed by atoms with Crippen molar-refractivity contribution in [3.05, 3.63) is 34.3 Å². The van der Waals surface area contributed by atoms with Crippen LogP contribution < -0.4 is 5.32 Å². The Hall–Kier alpha value is -1.40. The number of halogens is 1. The van der Waals surface area contributed by atoms with Gasteiger partial charge in [0.1, 0.15) is 0 Å². The summed E-state index contributed by atoms with van der Waals surface area (Å²) in [6.07, 6.45) is 6.30. The van der Waals surface area contributed by atoms with Gasteiger partial charge in [-0.3, -0.25) is 9.59 Å². The number of nitrogens with one attached hydrogen (secondary N) is 1. The van der Waals surface area contributed by atoms with Gasteiger partial charge in [0.15, 0.2) is 0 Å². The van der Waals surface area contributed by atoms with Crippen LogP contribution in [0.1, 0.15) is 50.5 Å². The van der Waals surface area contributed by atoms with Crippen LogP contribution >= 0.6 is 15.9 Å². The van der Waals surface area contributed by atoms with E-state index in [4.69, 9.17) is 4.74 Å². The number of likely N-dealkylation sites (tertiary alicyclic amines) is 1. The molecular formula is C21H29BrN2O3. The molecule has 0 aliphatic carbocycles. The molecule has 3 rings (SSSR count). The van der Waals surface area contributed by atoms with E-state index in [-0.39, 0.29) is 11.8 Å². The molecule has 6 heteroatoms. The molecule has 2 fully saturated rings. The molecule has 0 aromatic heterocycles. The molecule has 1 N–H and O–H groups in total. The minimum atomic E-state index is -0.565. The Bertz CT molecular complexity index is 633. The SMILES string of the molecule is O=C(CCNC(=O)C1(c2ccc(Br)cc2)CCOCC1)N1CCCCCC1. The lowest BCUT2D eigenvalue weighted by atomic mass is 9.73. The number of carbonyl (C=O) groups is 2. The summed E-state index contributed by atoms with van der Waals surface area (Å²) in [4.78, 5) is 27.5. The second-order valence-electron chi connectivity index (χ2n) is 7.50. The zero-order chi connectivity index (χ0) is 19.1. The van der Waals surface area contributed by atoms with Crippen molar-refractivity contribution in [2.45, 2.75) is 50.4 Å². The molecule has 2 aliphatic rings. The first-order chi connectivity index (χ1) is 13.1. The van der Waals surface area contributed by atoms with Gasteiger partial charge in [0, 0.05) is 43.7 Å². The van der Waals surface area contributed by atoms with Crippen molar-refractivity contribution >= 4 is 27.7 Å². The molecule has 2 amide bonds. The number of nitrogens with zero attached hydrogens (tertiary/aromatic N) is 1. The standard InChI is InChI=1S/C21H29BrN2O3/c22-18-7-5-17(6-8-18)21(10-15-27-16-11-21)20(26)23-12-9-19(25)24-13-3-1-2-4-14-24/h5-8H,1-4,9-16H2,(H,23,26). The minimum absolute atomic E-state index is 0.0109. The van der Waals surface area contributed by atoms with Gasteiger partial charge in [0.05, 0.1) is 5.41 Å². The second kappa shape index (κ2) is 9.69. The van der Waals surface area contributed by atoms with E-state index in [2.05, 4.69) is 21.2 Å². The van der Waals surface area contributed by atoms with Crippen LogP contribution in [0, 0.1) is 0 Å². The molecule has 148 valence electrons. The van der Waals surface area contributed by atoms with Crippen LogP contribution in [-0.4, -0.2) is 49.6 Å². The molecule has 0 saturated carbocycles. The summed E-state index contributed by atoms with van der Waals surface area (Å²) in [7, 11) is 0. The predicted molar refractivity (Wildman–Crippen MR) is 109 cm³/mol. The topological polar surface area (TPSA) is 58.6 Å². The third-order valence-corrected chi connectivity index (χ3v) is 6.29. The molecule has 0 unspecified atom stereocenters. The highest BCUT2D eigenvalue weighted by Crippen LogP contribution is 2.35. The largest absolute Gasteiger partial charge is 0.381 e. The number of carbonyl (C=O) groups excluding carboxylic acids is 2. The monoisotopic (exact) mass is 436 g/mol. The zero-order valence-corrected chi connectivity index (χ0v) is 17.4. The van der Waals surface area contributed by atoms with Gasteiger partial charge in [-0.25, -0.2) is 0 Å². The van der Waals surface area contributed by atoms with E-state index in [1.165, 1.54) is 12.8 Å². The lowest BCUT2D eigenvalue weighted by molar-refractivity contribution is -0.132. The first-order valence-electron chi connectivity index (χ1n) is 10.0. The van der Waals surface area contributed by atoms with Crippen LogP contribution in [0.5, 0.6) is 0 Å². The van der Waals surface area contributed by atoms with E-state index in [9.17, 15) is 9.59 Å². The van der Waals surface area contributed by atoms with Gasteiger partial charge in [0.25, 0.3) is 0 Å². The van der Waals surface area contributed by atoms with E-state index < -0.39 is 5.41 Å². The number of amides is 2. The Labute approximate surface area is 170 Å². The molecule has 0 radical (unpaired) electrons. The van der Waals surface area contributed by atoms with Gasteiger partial charge in [0.2, 0.25) is 11.8 Å². The molecule has 0 bridgehead atoms. The summed E-state index contributed by atoms with van der Waals surface area (Å²) >= 11 is 3.46. The Kier molecular flexibility index (Phi) is 7.30. The number of rotatable bonds is 5. The van der Waals surface area contributed by atoms with Crippen LogP contribution in [0.25, 0.3) is 0 Å². The third-order valence-electron chi connectivity index (χ3n) is 5.76. The molecule has 0 spiro atoms. The third kappa shape index (κ3) is 5.11. The fraction of sp³-hybridized carbons (Fsp3) is 0.619. The molecule has 27 heavy (non-hydrogen) atoms. The van der Waals surface area contributed by atoms with Gasteiger partial charge >= 0.3 is 0 Å². The highest BCUT2D eigenvalue weighted by molar-refractivity contribution is 9.10. The summed E-state index contributed by atoms with van der Waals surface area (Å²) in [5, 5.41) is 3.04. The molecule has 2 heterocycles. The van der Waals surface area contributed by atoms with Crippen molar-refractivity contribution < 1.29 is 14.3 Å². The van der Waals surface area contributed by atoms with Gasteiger partial charge in [-0.15, -0.1) is 0 Å². The molecule has 2 saturated heterocycles. The van der Waals surface area contributed by atoms with Crippen LogP contribution in [0.4, 0.5) is 0 Å². The second-order valence-corrected chi connectivity index (χ2v) is 8.42. The average molecular weight is 437 g/mol. The Morgan fingerprint density at radius 1 is 1.04 bits per heavy atom. The van der Waals surface area contributed by atoms with Gasteiger partial charge in [-0.2, -0.15) is 0 Å². The summed E-state index contributed by atoms with van der Waals surface area (Å²) in [6, 6.07) is 7.97. The molecular weight excluding hydrogens is 408 g/mol. The van der Waals surface area contributed by atoms with Gasteiger partial charge in [-0.05, 0) is 43.4 Å². The number of hydrogen-bond donors (Lipinski definition) is 1. The van der Waals surface area contributed by atoms with E-state index in [1.807, 2.05) is 29.2 Å². The highest BCUT2D eigenvalue weighted by Gasteiger charge is 2.41. The van der Waals surface area contributed by atoms with Crippen molar-refractivity contribution in [2.75, 3.05) is 32.8 Å². The molecule has 0 atom stereocenters. The lowest BCUT2D eigenvalue weighted by Crippen LogP contribution is -2.48. The molecule has 1 aromatic carbocycles. The number of ether oxygens (including phenoxy) is 1. The lowest BCUT2D eigenvalue weighted by Gasteiger charge is -2.36. The molecule has 2 aliphatic heterocycles. The predicted octanol–water partition coefficient (Wildman–Crippen LogP) is 3.41. The molecule has 1 aromatic rings. The Balaban J connectivity index is 1.59. The van der Waals surface area contributed by atoms with Crippen LogP contribution in [0.2, 0.25) is 0 Å². The maximum atomic E-state index is 13.1. The van der Waals surface area contributed by atoms with Crippen LogP contribution in [0.3, 0.4) is 0 Å². The number of hydrogen-bond acceptors (Lipinski definition) is 3. The van der Waals surface area contributed by atoms with Crippen molar-refractivity contribution in [3.63, 3.8) is 0 Å². The van der Waals surface area contributed by atoms with Crippen LogP contribution in [0.15, 0.2) is 28.7 Å². The first-order valence-corrected chi connectivity index (χ1v) is 10.8. The van der Waals surface area contributed by atoms with E-state index in [0.29, 0.717) is 39.0 Å². The smallest absolute Gasteiger partial charge is 0.230 e. The van der Waals surface area contributed by atoms with E-state index in [0.717, 1.165) is 36.0 Å². The van der Waals surface area contributed by atoms with E-state index in [1.54, 1.807) is 0 Å². The van der Waals surface area contributed by atoms with Crippen LogP contribution in [-0.2, 0) is 19.7 Å². The van der Waals surface area contributed by atoms with Crippen molar-refractivity contribution in [2.24, 2.45) is 0 Å². The summed E-state index contributed by atoms with van der Waals surface area (Å²) in [6.45, 7) is 3.26. The fourth-order valence-corrected chi connectivity index (χ4v) is 4.33. The maximum absolute atomic E-state index is 13.1. The Morgan fingerprint density at radius 2 is 1.67 bits per heavy atom. The van der Waals surface area contributed by atoms with Crippen molar-refractivity contribution in [1.29, 1.82) is 0 Å². The number of benzene rings is 1.